The first-order valence-electron chi connectivity index (χ1n) is 9.93. The summed E-state index contributed by atoms with van der Waals surface area (Å²) in [5, 5.41) is 8.70. The van der Waals surface area contributed by atoms with Crippen LogP contribution >= 0.6 is 0 Å². The molecule has 1 saturated heterocycles. The highest BCUT2D eigenvalue weighted by molar-refractivity contribution is 6.01. The largest absolute Gasteiger partial charge is 0.345 e. The summed E-state index contributed by atoms with van der Waals surface area (Å²) in [7, 11) is 1.52. The molecule has 2 heterocycles. The van der Waals surface area contributed by atoms with Crippen LogP contribution in [0.15, 0.2) is 9.90 Å². The second kappa shape index (κ2) is 9.67. The van der Waals surface area contributed by atoms with Gasteiger partial charge in [-0.25, -0.2) is 19.7 Å². The Labute approximate surface area is 179 Å². The van der Waals surface area contributed by atoms with Crippen LogP contribution in [0.25, 0.3) is 0 Å². The zero-order valence-corrected chi connectivity index (χ0v) is 18.4. The van der Waals surface area contributed by atoms with Gasteiger partial charge >= 0.3 is 11.7 Å². The molecule has 1 N–H and O–H groups in total. The SMILES string of the molecule is C/C(=N/NC(=O)CC(C)(C)C)c1nn(CCCC(=O)ON2C(=O)CCC2=O)c(=O)n1C. The molecule has 1 fully saturated rings. The minimum atomic E-state index is -0.743. The minimum Gasteiger partial charge on any atom is -0.330 e. The Morgan fingerprint density at radius 1 is 1.16 bits per heavy atom. The molecule has 12 nitrogen and oxygen atoms in total. The first-order valence-corrected chi connectivity index (χ1v) is 9.93. The van der Waals surface area contributed by atoms with Gasteiger partial charge in [-0.15, -0.1) is 10.2 Å². The van der Waals surface area contributed by atoms with Crippen LogP contribution in [0, 0.1) is 5.41 Å². The van der Waals surface area contributed by atoms with Crippen LogP contribution in [0.2, 0.25) is 0 Å². The fraction of sp³-hybridized carbons (Fsp3) is 0.632. The summed E-state index contributed by atoms with van der Waals surface area (Å²) in [5.41, 5.74) is 2.21. The molecule has 3 amide bonds. The summed E-state index contributed by atoms with van der Waals surface area (Å²) in [6.45, 7) is 7.54. The summed E-state index contributed by atoms with van der Waals surface area (Å²) in [5.74, 6) is -1.81. The smallest absolute Gasteiger partial charge is 0.330 e. The molecular weight excluding hydrogens is 408 g/mol. The number of hydrazone groups is 1. The number of nitrogens with one attached hydrogen (secondary N) is 1. The summed E-state index contributed by atoms with van der Waals surface area (Å²) < 4.78 is 2.46. The van der Waals surface area contributed by atoms with Crippen molar-refractivity contribution in [2.75, 3.05) is 0 Å². The van der Waals surface area contributed by atoms with Gasteiger partial charge in [-0.05, 0) is 18.8 Å². The zero-order valence-electron chi connectivity index (χ0n) is 18.4. The number of carbonyl (C=O) groups excluding carboxylic acids is 4. The van der Waals surface area contributed by atoms with Gasteiger partial charge in [0.15, 0.2) is 5.82 Å². The average molecular weight is 436 g/mol. The summed E-state index contributed by atoms with van der Waals surface area (Å²) in [6.07, 6.45) is 0.447. The van der Waals surface area contributed by atoms with E-state index < -0.39 is 23.5 Å². The quantitative estimate of drug-likeness (QED) is 0.349. The normalized spacial score (nSPS) is 14.9. The van der Waals surface area contributed by atoms with Gasteiger partial charge < -0.3 is 4.84 Å². The second-order valence-corrected chi connectivity index (χ2v) is 8.51. The average Bonchev–Trinajstić information content (AvgIpc) is 3.12. The summed E-state index contributed by atoms with van der Waals surface area (Å²) in [4.78, 5) is 63.8. The Bertz CT molecular complexity index is 952. The molecule has 0 spiro atoms. The zero-order chi connectivity index (χ0) is 23.3. The Morgan fingerprint density at radius 2 is 1.77 bits per heavy atom. The number of aromatic nitrogens is 3. The number of imide groups is 1. The van der Waals surface area contributed by atoms with Crippen LogP contribution in [0.3, 0.4) is 0 Å². The Kier molecular flexibility index (Phi) is 7.47. The van der Waals surface area contributed by atoms with Crippen LogP contribution in [0.4, 0.5) is 0 Å². The van der Waals surface area contributed by atoms with Crippen molar-refractivity contribution in [3.8, 4) is 0 Å². The number of hydrogen-bond donors (Lipinski definition) is 1. The molecule has 1 aliphatic rings. The molecule has 0 aliphatic carbocycles. The van der Waals surface area contributed by atoms with Crippen molar-refractivity contribution in [1.82, 2.24) is 24.8 Å². The van der Waals surface area contributed by atoms with Crippen molar-refractivity contribution in [3.05, 3.63) is 16.3 Å². The highest BCUT2D eigenvalue weighted by Gasteiger charge is 2.32. The van der Waals surface area contributed by atoms with E-state index >= 15 is 0 Å². The molecule has 170 valence electrons. The van der Waals surface area contributed by atoms with E-state index in [1.54, 1.807) is 6.92 Å². The number of carbonyl (C=O) groups is 4. The van der Waals surface area contributed by atoms with E-state index in [0.29, 0.717) is 17.2 Å². The highest BCUT2D eigenvalue weighted by Crippen LogP contribution is 2.17. The van der Waals surface area contributed by atoms with Crippen LogP contribution in [-0.2, 0) is 37.6 Å². The molecule has 0 aromatic carbocycles. The standard InChI is InChI=1S/C19H28N6O6/c1-12(20-21-13(26)11-19(2,3)4)17-22-24(18(30)23(17)5)10-6-7-16(29)31-25-14(27)8-9-15(25)28/h6-11H2,1-5H3,(H,21,26)/b20-12-. The maximum Gasteiger partial charge on any atom is 0.345 e. The monoisotopic (exact) mass is 436 g/mol. The van der Waals surface area contributed by atoms with Crippen molar-refractivity contribution < 1.29 is 24.0 Å². The lowest BCUT2D eigenvalue weighted by Crippen LogP contribution is -2.32. The molecular formula is C19H28N6O6. The minimum absolute atomic E-state index is 0.0236. The van der Waals surface area contributed by atoms with Gasteiger partial charge in [0.1, 0.15) is 5.71 Å². The number of nitrogens with zero attached hydrogens (tertiary/aromatic N) is 5. The van der Waals surface area contributed by atoms with Gasteiger partial charge in [0.05, 0.1) is 0 Å². The van der Waals surface area contributed by atoms with Crippen molar-refractivity contribution >= 4 is 29.4 Å². The number of hydrogen-bond acceptors (Lipinski definition) is 8. The topological polar surface area (TPSA) is 145 Å². The van der Waals surface area contributed by atoms with Crippen molar-refractivity contribution in [1.29, 1.82) is 0 Å². The Balaban J connectivity index is 1.93. The molecule has 0 atom stereocenters. The molecule has 12 heteroatoms. The van der Waals surface area contributed by atoms with Gasteiger partial charge in [0.2, 0.25) is 5.91 Å². The van der Waals surface area contributed by atoms with Gasteiger partial charge in [0, 0.05) is 39.3 Å². The van der Waals surface area contributed by atoms with Crippen LogP contribution in [0.1, 0.15) is 65.6 Å². The third-order valence-electron chi connectivity index (χ3n) is 4.35. The van der Waals surface area contributed by atoms with Gasteiger partial charge in [-0.3, -0.25) is 19.0 Å². The molecule has 0 saturated carbocycles. The molecule has 0 radical (unpaired) electrons. The first kappa shape index (κ1) is 24.0. The lowest BCUT2D eigenvalue weighted by Gasteiger charge is -2.15. The Hall–Kier alpha value is -3.31. The van der Waals surface area contributed by atoms with Crippen LogP contribution in [-0.4, -0.2) is 48.8 Å². The molecule has 1 aromatic heterocycles. The number of hydroxylamine groups is 2. The van der Waals surface area contributed by atoms with Gasteiger partial charge in [-0.1, -0.05) is 20.8 Å². The fourth-order valence-electron chi connectivity index (χ4n) is 2.84. The van der Waals surface area contributed by atoms with E-state index in [2.05, 4.69) is 15.6 Å². The molecule has 1 aliphatic heterocycles. The van der Waals surface area contributed by atoms with E-state index in [1.807, 2.05) is 20.8 Å². The Morgan fingerprint density at radius 3 is 2.35 bits per heavy atom. The summed E-state index contributed by atoms with van der Waals surface area (Å²) in [6, 6.07) is 0. The number of rotatable bonds is 8. The lowest BCUT2D eigenvalue weighted by atomic mass is 9.92. The third-order valence-corrected chi connectivity index (χ3v) is 4.35. The fourth-order valence-corrected chi connectivity index (χ4v) is 2.84. The van der Waals surface area contributed by atoms with Crippen molar-refractivity contribution in [3.63, 3.8) is 0 Å². The van der Waals surface area contributed by atoms with E-state index in [4.69, 9.17) is 4.84 Å². The van der Waals surface area contributed by atoms with Gasteiger partial charge in [0.25, 0.3) is 11.8 Å². The highest BCUT2D eigenvalue weighted by atomic mass is 16.7. The predicted molar refractivity (Wildman–Crippen MR) is 108 cm³/mol. The third kappa shape index (κ3) is 6.59. The van der Waals surface area contributed by atoms with E-state index in [9.17, 15) is 24.0 Å². The molecule has 0 unspecified atom stereocenters. The maximum atomic E-state index is 12.4. The van der Waals surface area contributed by atoms with E-state index in [-0.39, 0.29) is 49.4 Å². The summed E-state index contributed by atoms with van der Waals surface area (Å²) >= 11 is 0. The van der Waals surface area contributed by atoms with E-state index in [0.717, 1.165) is 0 Å². The molecule has 2 rings (SSSR count). The second-order valence-electron chi connectivity index (χ2n) is 8.51. The molecule has 31 heavy (non-hydrogen) atoms. The maximum absolute atomic E-state index is 12.4. The lowest BCUT2D eigenvalue weighted by molar-refractivity contribution is -0.197. The first-order chi connectivity index (χ1) is 14.4. The van der Waals surface area contributed by atoms with Gasteiger partial charge in [-0.2, -0.15) is 5.10 Å². The molecule has 1 aromatic rings. The van der Waals surface area contributed by atoms with Crippen molar-refractivity contribution in [2.24, 2.45) is 17.6 Å². The van der Waals surface area contributed by atoms with Crippen LogP contribution < -0.4 is 11.1 Å². The van der Waals surface area contributed by atoms with Crippen molar-refractivity contribution in [2.45, 2.75) is 66.3 Å². The van der Waals surface area contributed by atoms with Crippen LogP contribution in [0.5, 0.6) is 0 Å². The predicted octanol–water partition coefficient (Wildman–Crippen LogP) is 0.246. The number of amides is 3. The molecule has 0 bridgehead atoms. The van der Waals surface area contributed by atoms with E-state index in [1.165, 1.54) is 16.3 Å². The number of aryl methyl sites for hydroxylation is 1.